The number of amides is 1. The molecule has 4 heteroatoms. The van der Waals surface area contributed by atoms with Gasteiger partial charge in [0.1, 0.15) is 0 Å². The highest BCUT2D eigenvalue weighted by Gasteiger charge is 2.47. The summed E-state index contributed by atoms with van der Waals surface area (Å²) in [7, 11) is 0. The summed E-state index contributed by atoms with van der Waals surface area (Å²) >= 11 is 1.73. The predicted octanol–water partition coefficient (Wildman–Crippen LogP) is 4.55. The molecule has 0 aliphatic carbocycles. The van der Waals surface area contributed by atoms with E-state index in [1.165, 1.54) is 21.6 Å². The van der Waals surface area contributed by atoms with Crippen molar-refractivity contribution in [2.45, 2.75) is 39.3 Å². The zero-order valence-corrected chi connectivity index (χ0v) is 14.5. The Bertz CT molecular complexity index is 753. The van der Waals surface area contributed by atoms with Gasteiger partial charge in [0, 0.05) is 29.9 Å². The van der Waals surface area contributed by atoms with Gasteiger partial charge in [0.2, 0.25) is 5.91 Å². The van der Waals surface area contributed by atoms with Crippen LogP contribution in [0.4, 0.5) is 5.69 Å². The maximum atomic E-state index is 12.6. The van der Waals surface area contributed by atoms with Crippen molar-refractivity contribution < 1.29 is 9.53 Å². The third-order valence-corrected chi connectivity index (χ3v) is 5.99. The fraction of sp³-hybridized carbons (Fsp3) is 0.421. The van der Waals surface area contributed by atoms with Crippen LogP contribution < -0.4 is 4.90 Å². The van der Waals surface area contributed by atoms with Gasteiger partial charge in [-0.1, -0.05) is 12.1 Å². The highest BCUT2D eigenvalue weighted by Crippen LogP contribution is 2.54. The summed E-state index contributed by atoms with van der Waals surface area (Å²) in [5, 5.41) is 2.09. The van der Waals surface area contributed by atoms with Gasteiger partial charge < -0.3 is 9.64 Å². The van der Waals surface area contributed by atoms with Crippen molar-refractivity contribution in [2.24, 2.45) is 5.92 Å². The minimum atomic E-state index is 0.0914. The van der Waals surface area contributed by atoms with Gasteiger partial charge in [-0.2, -0.15) is 0 Å². The number of thiophene rings is 1. The van der Waals surface area contributed by atoms with Crippen molar-refractivity contribution in [3.63, 3.8) is 0 Å². The summed E-state index contributed by atoms with van der Waals surface area (Å²) in [4.78, 5) is 15.8. The smallest absolute Gasteiger partial charge is 0.224 e. The second-order valence-electron chi connectivity index (χ2n) is 6.61. The van der Waals surface area contributed by atoms with Crippen LogP contribution in [-0.4, -0.2) is 12.5 Å². The Kier molecular flexibility index (Phi) is 3.54. The second-order valence-corrected chi connectivity index (χ2v) is 7.59. The Morgan fingerprint density at radius 3 is 2.87 bits per heavy atom. The maximum absolute atomic E-state index is 12.6. The first kappa shape index (κ1) is 14.9. The van der Waals surface area contributed by atoms with Crippen LogP contribution in [-0.2, 0) is 9.53 Å². The molecule has 2 aromatic rings. The quantitative estimate of drug-likeness (QED) is 0.769. The number of benzene rings is 1. The van der Waals surface area contributed by atoms with Gasteiger partial charge in [-0.05, 0) is 48.9 Å². The maximum Gasteiger partial charge on any atom is 0.224 e. The molecule has 1 aromatic heterocycles. The summed E-state index contributed by atoms with van der Waals surface area (Å²) in [6.45, 7) is 6.68. The molecule has 4 rings (SSSR count). The number of nitrogens with zero attached hydrogens (tertiary/aromatic N) is 1. The molecule has 1 amide bonds. The lowest BCUT2D eigenvalue weighted by Gasteiger charge is -2.43. The first-order chi connectivity index (χ1) is 11.1. The number of hydrogen-bond donors (Lipinski definition) is 0. The molecule has 3 nitrogen and oxygen atoms in total. The standard InChI is InChI=1S/C19H21NO2S/c1-11-9-12(2)17-15(10-11)20(13(3)21)18(16-5-4-8-23-16)14-6-7-22-19(14)17/h4-5,8-10,14,18-19H,6-7H2,1-3H3/t14-,18-,19+/m0/s1. The van der Waals surface area contributed by atoms with Crippen LogP contribution in [0.1, 0.15) is 47.1 Å². The Morgan fingerprint density at radius 2 is 2.17 bits per heavy atom. The Morgan fingerprint density at radius 1 is 1.35 bits per heavy atom. The molecule has 1 saturated heterocycles. The second kappa shape index (κ2) is 5.46. The molecule has 0 spiro atoms. The normalized spacial score (nSPS) is 26.0. The van der Waals surface area contributed by atoms with Crippen LogP contribution in [0.5, 0.6) is 0 Å². The van der Waals surface area contributed by atoms with Crippen molar-refractivity contribution in [2.75, 3.05) is 11.5 Å². The fourth-order valence-electron chi connectivity index (χ4n) is 4.26. The topological polar surface area (TPSA) is 29.5 Å². The minimum Gasteiger partial charge on any atom is -0.373 e. The van der Waals surface area contributed by atoms with Crippen molar-refractivity contribution in [3.05, 3.63) is 51.2 Å². The summed E-state index contributed by atoms with van der Waals surface area (Å²) in [6.07, 6.45) is 1.11. The number of carbonyl (C=O) groups excluding carboxylic acids is 1. The molecule has 2 aliphatic heterocycles. The van der Waals surface area contributed by atoms with E-state index in [1.54, 1.807) is 18.3 Å². The summed E-state index contributed by atoms with van der Waals surface area (Å²) in [6, 6.07) is 8.65. The van der Waals surface area contributed by atoms with Crippen LogP contribution in [0.25, 0.3) is 0 Å². The molecule has 0 saturated carbocycles. The molecule has 0 N–H and O–H groups in total. The van der Waals surface area contributed by atoms with Crippen molar-refractivity contribution in [1.82, 2.24) is 0 Å². The van der Waals surface area contributed by atoms with Crippen LogP contribution in [0.2, 0.25) is 0 Å². The molecular formula is C19H21NO2S. The van der Waals surface area contributed by atoms with Gasteiger partial charge in [0.15, 0.2) is 0 Å². The van der Waals surface area contributed by atoms with Gasteiger partial charge in [0.25, 0.3) is 0 Å². The third-order valence-electron chi connectivity index (χ3n) is 5.05. The van der Waals surface area contributed by atoms with Crippen LogP contribution >= 0.6 is 11.3 Å². The zero-order valence-electron chi connectivity index (χ0n) is 13.7. The average molecular weight is 327 g/mol. The Hall–Kier alpha value is -1.65. The highest BCUT2D eigenvalue weighted by molar-refractivity contribution is 7.10. The lowest BCUT2D eigenvalue weighted by molar-refractivity contribution is -0.117. The van der Waals surface area contributed by atoms with Gasteiger partial charge in [-0.15, -0.1) is 11.3 Å². The molecule has 3 atom stereocenters. The Labute approximate surface area is 140 Å². The van der Waals surface area contributed by atoms with E-state index < -0.39 is 0 Å². The molecule has 1 aromatic carbocycles. The number of carbonyl (C=O) groups is 1. The number of aryl methyl sites for hydroxylation is 2. The Balaban J connectivity index is 1.97. The monoisotopic (exact) mass is 327 g/mol. The van der Waals surface area contributed by atoms with E-state index in [-0.39, 0.29) is 18.1 Å². The highest BCUT2D eigenvalue weighted by atomic mass is 32.1. The number of rotatable bonds is 1. The summed E-state index contributed by atoms with van der Waals surface area (Å²) in [5.41, 5.74) is 4.67. The number of ether oxygens (including phenoxy) is 1. The molecule has 2 aliphatic rings. The van der Waals surface area contributed by atoms with Crippen LogP contribution in [0.15, 0.2) is 29.6 Å². The molecule has 1 fully saturated rings. The molecular weight excluding hydrogens is 306 g/mol. The average Bonchev–Trinajstić information content (AvgIpc) is 3.16. The number of hydrogen-bond acceptors (Lipinski definition) is 3. The van der Waals surface area contributed by atoms with E-state index in [0.717, 1.165) is 18.7 Å². The predicted molar refractivity (Wildman–Crippen MR) is 92.9 cm³/mol. The number of fused-ring (bicyclic) bond motifs is 3. The van der Waals surface area contributed by atoms with E-state index in [2.05, 4.69) is 43.5 Å². The van der Waals surface area contributed by atoms with Crippen LogP contribution in [0.3, 0.4) is 0 Å². The lowest BCUT2D eigenvalue weighted by atomic mass is 9.80. The van der Waals surface area contributed by atoms with E-state index in [1.807, 2.05) is 4.90 Å². The molecule has 120 valence electrons. The van der Waals surface area contributed by atoms with Gasteiger partial charge in [-0.3, -0.25) is 4.79 Å². The number of anilines is 1. The first-order valence-corrected chi connectivity index (χ1v) is 9.02. The largest absolute Gasteiger partial charge is 0.373 e. The minimum absolute atomic E-state index is 0.0914. The van der Waals surface area contributed by atoms with Crippen molar-refractivity contribution in [1.29, 1.82) is 0 Å². The van der Waals surface area contributed by atoms with E-state index in [4.69, 9.17) is 4.74 Å². The van der Waals surface area contributed by atoms with Gasteiger partial charge in [0.05, 0.1) is 17.8 Å². The van der Waals surface area contributed by atoms with Crippen LogP contribution in [0, 0.1) is 19.8 Å². The third kappa shape index (κ3) is 2.24. The lowest BCUT2D eigenvalue weighted by Crippen LogP contribution is -2.42. The molecule has 3 heterocycles. The van der Waals surface area contributed by atoms with E-state index in [9.17, 15) is 4.79 Å². The van der Waals surface area contributed by atoms with Crippen molar-refractivity contribution >= 4 is 22.9 Å². The van der Waals surface area contributed by atoms with E-state index in [0.29, 0.717) is 5.92 Å². The van der Waals surface area contributed by atoms with Crippen molar-refractivity contribution in [3.8, 4) is 0 Å². The summed E-state index contributed by atoms with van der Waals surface area (Å²) < 4.78 is 6.13. The first-order valence-electron chi connectivity index (χ1n) is 8.14. The fourth-order valence-corrected chi connectivity index (χ4v) is 5.15. The molecule has 0 bridgehead atoms. The van der Waals surface area contributed by atoms with Gasteiger partial charge >= 0.3 is 0 Å². The molecule has 23 heavy (non-hydrogen) atoms. The molecule has 0 radical (unpaired) electrons. The molecule has 0 unspecified atom stereocenters. The van der Waals surface area contributed by atoms with Gasteiger partial charge in [-0.25, -0.2) is 0 Å². The zero-order chi connectivity index (χ0) is 16.1. The SMILES string of the molecule is CC(=O)N1c2cc(C)cc(C)c2[C@@H]2OCC[C@H]2[C@H]1c1cccs1. The van der Waals surface area contributed by atoms with E-state index >= 15 is 0 Å². The summed E-state index contributed by atoms with van der Waals surface area (Å²) in [5.74, 6) is 0.450.